The van der Waals surface area contributed by atoms with Crippen molar-refractivity contribution in [3.05, 3.63) is 20.9 Å². The van der Waals surface area contributed by atoms with Gasteiger partial charge in [-0.25, -0.2) is 0 Å². The average molecular weight is 172 g/mol. The Morgan fingerprint density at radius 1 is 1.64 bits per heavy atom. The minimum atomic E-state index is 0.311. The van der Waals surface area contributed by atoms with Crippen molar-refractivity contribution in [1.82, 2.24) is 0 Å². The molecule has 1 fully saturated rings. The van der Waals surface area contributed by atoms with Gasteiger partial charge in [-0.3, -0.25) is 0 Å². The molecule has 0 spiro atoms. The Morgan fingerprint density at radius 3 is 3.09 bits per heavy atom. The summed E-state index contributed by atoms with van der Waals surface area (Å²) in [6.07, 6.45) is 2.09. The fourth-order valence-corrected chi connectivity index (χ4v) is 2.14. The molecule has 1 unspecified atom stereocenters. The van der Waals surface area contributed by atoms with Crippen LogP contribution in [0.25, 0.3) is 0 Å². The minimum absolute atomic E-state index is 0.311. The molecule has 0 aromatic rings. The van der Waals surface area contributed by atoms with Gasteiger partial charge >= 0.3 is 0 Å². The number of thioether (sulfide) groups is 1. The van der Waals surface area contributed by atoms with Gasteiger partial charge in [0.25, 0.3) is 0 Å². The van der Waals surface area contributed by atoms with Gasteiger partial charge in [0.15, 0.2) is 0 Å². The Morgan fingerprint density at radius 2 is 2.45 bits per heavy atom. The van der Waals surface area contributed by atoms with Gasteiger partial charge in [-0.1, -0.05) is 5.18 Å². The van der Waals surface area contributed by atoms with Crippen LogP contribution in [0.2, 0.25) is 0 Å². The van der Waals surface area contributed by atoms with Crippen LogP contribution in [-0.4, -0.2) is 12.3 Å². The number of allylic oxidation sites excluding steroid dienone is 1. The Balaban J connectivity index is 2.39. The van der Waals surface area contributed by atoms with Gasteiger partial charge < -0.3 is 0 Å². The molecule has 1 saturated heterocycles. The van der Waals surface area contributed by atoms with E-state index in [1.165, 1.54) is 6.20 Å². The molecule has 1 heterocycles. The molecule has 1 aliphatic rings. The van der Waals surface area contributed by atoms with Gasteiger partial charge in [-0.2, -0.15) is 4.91 Å². The lowest BCUT2D eigenvalue weighted by Gasteiger charge is -1.96. The van der Waals surface area contributed by atoms with Crippen LogP contribution in [-0.2, 0) is 0 Å². The molecular weight excluding hydrogens is 164 g/mol. The second-order valence-corrected chi connectivity index (χ2v) is 3.54. The number of hydrogen-bond acceptors (Lipinski definition) is 5. The number of rotatable bonds is 3. The van der Waals surface area contributed by atoms with Crippen molar-refractivity contribution >= 4 is 11.8 Å². The summed E-state index contributed by atoms with van der Waals surface area (Å²) < 4.78 is 0. The standard InChI is InChI=1S/C6H8N2O2S/c9-7-2-5-1-6(3-8-10)11-4-5/h3,5H,1-2,4H2/b6-3+. The van der Waals surface area contributed by atoms with Crippen molar-refractivity contribution in [2.24, 2.45) is 16.3 Å². The topological polar surface area (TPSA) is 58.9 Å². The minimum Gasteiger partial charge on any atom is -0.151 e. The van der Waals surface area contributed by atoms with Crippen molar-refractivity contribution in [2.45, 2.75) is 6.42 Å². The van der Waals surface area contributed by atoms with E-state index < -0.39 is 0 Å². The normalized spacial score (nSPS) is 27.3. The molecule has 11 heavy (non-hydrogen) atoms. The molecule has 0 aromatic carbocycles. The van der Waals surface area contributed by atoms with Crippen LogP contribution in [0.5, 0.6) is 0 Å². The third-order valence-electron chi connectivity index (χ3n) is 1.52. The third-order valence-corrected chi connectivity index (χ3v) is 2.80. The molecule has 0 saturated carbocycles. The maximum Gasteiger partial charge on any atom is 0.0850 e. The summed E-state index contributed by atoms with van der Waals surface area (Å²) in [5.41, 5.74) is 0. The molecule has 1 rings (SSSR count). The molecule has 0 bridgehead atoms. The Hall–Kier alpha value is -0.710. The lowest BCUT2D eigenvalue weighted by Crippen LogP contribution is -2.00. The number of nitroso groups, excluding NO2 is 2. The van der Waals surface area contributed by atoms with E-state index in [0.29, 0.717) is 12.5 Å². The predicted molar refractivity (Wildman–Crippen MR) is 45.1 cm³/mol. The van der Waals surface area contributed by atoms with Gasteiger partial charge in [0, 0.05) is 10.7 Å². The first-order valence-corrected chi connectivity index (χ1v) is 4.28. The molecule has 1 atom stereocenters. The second kappa shape index (κ2) is 4.23. The lowest BCUT2D eigenvalue weighted by atomic mass is 10.1. The van der Waals surface area contributed by atoms with Crippen molar-refractivity contribution in [3.63, 3.8) is 0 Å². The highest BCUT2D eigenvalue weighted by Gasteiger charge is 2.20. The van der Waals surface area contributed by atoms with E-state index >= 15 is 0 Å². The van der Waals surface area contributed by atoms with Crippen LogP contribution in [0.15, 0.2) is 21.5 Å². The SMILES string of the molecule is O=N/C=C1\CC(CN=O)CS1. The Kier molecular flexibility index (Phi) is 3.22. The molecule has 0 amide bonds. The van der Waals surface area contributed by atoms with E-state index in [-0.39, 0.29) is 0 Å². The van der Waals surface area contributed by atoms with Crippen molar-refractivity contribution in [1.29, 1.82) is 0 Å². The molecule has 0 radical (unpaired) electrons. The molecule has 0 aliphatic carbocycles. The van der Waals surface area contributed by atoms with E-state index in [1.807, 2.05) is 0 Å². The molecule has 5 heteroatoms. The van der Waals surface area contributed by atoms with Gasteiger partial charge in [-0.15, -0.1) is 16.7 Å². The number of hydrogen-bond donors (Lipinski definition) is 0. The monoisotopic (exact) mass is 172 g/mol. The number of nitrogens with zero attached hydrogens (tertiary/aromatic N) is 2. The molecule has 0 aromatic heterocycles. The Labute approximate surface area is 68.4 Å². The van der Waals surface area contributed by atoms with Gasteiger partial charge in [0.05, 0.1) is 12.7 Å². The highest BCUT2D eigenvalue weighted by atomic mass is 32.2. The lowest BCUT2D eigenvalue weighted by molar-refractivity contribution is 0.627. The zero-order chi connectivity index (χ0) is 8.10. The molecular formula is C6H8N2O2S. The van der Waals surface area contributed by atoms with Gasteiger partial charge in [0.2, 0.25) is 0 Å². The van der Waals surface area contributed by atoms with E-state index in [0.717, 1.165) is 17.1 Å². The first-order chi connectivity index (χ1) is 5.36. The van der Waals surface area contributed by atoms with Crippen molar-refractivity contribution in [2.75, 3.05) is 12.3 Å². The van der Waals surface area contributed by atoms with E-state index in [4.69, 9.17) is 0 Å². The summed E-state index contributed by atoms with van der Waals surface area (Å²) in [6.45, 7) is 0.350. The van der Waals surface area contributed by atoms with Crippen LogP contribution in [0.4, 0.5) is 0 Å². The summed E-state index contributed by atoms with van der Waals surface area (Å²) in [5, 5.41) is 5.48. The smallest absolute Gasteiger partial charge is 0.0850 e. The largest absolute Gasteiger partial charge is 0.151 e. The van der Waals surface area contributed by atoms with Crippen LogP contribution in [0.1, 0.15) is 6.42 Å². The molecule has 0 N–H and O–H groups in total. The zero-order valence-corrected chi connectivity index (χ0v) is 6.71. The van der Waals surface area contributed by atoms with E-state index in [9.17, 15) is 9.81 Å². The van der Waals surface area contributed by atoms with Gasteiger partial charge in [0.1, 0.15) is 0 Å². The molecule has 1 aliphatic heterocycles. The summed E-state index contributed by atoms with van der Waals surface area (Å²) in [6, 6.07) is 0. The third kappa shape index (κ3) is 2.42. The Bertz CT molecular complexity index is 193. The zero-order valence-electron chi connectivity index (χ0n) is 5.90. The first-order valence-electron chi connectivity index (χ1n) is 3.30. The summed E-state index contributed by atoms with van der Waals surface area (Å²) in [4.78, 5) is 20.6. The maximum atomic E-state index is 9.86. The predicted octanol–water partition coefficient (Wildman–Crippen LogP) is 2.11. The fourth-order valence-electron chi connectivity index (χ4n) is 0.999. The van der Waals surface area contributed by atoms with Crippen molar-refractivity contribution in [3.8, 4) is 0 Å². The molecule has 60 valence electrons. The fraction of sp³-hybridized carbons (Fsp3) is 0.667. The van der Waals surface area contributed by atoms with Crippen LogP contribution in [0, 0.1) is 15.7 Å². The summed E-state index contributed by atoms with van der Waals surface area (Å²) in [7, 11) is 0. The van der Waals surface area contributed by atoms with E-state index in [2.05, 4.69) is 10.4 Å². The van der Waals surface area contributed by atoms with Crippen LogP contribution in [0.3, 0.4) is 0 Å². The quantitative estimate of drug-likeness (QED) is 0.612. The van der Waals surface area contributed by atoms with Crippen molar-refractivity contribution < 1.29 is 0 Å². The summed E-state index contributed by atoms with van der Waals surface area (Å²) in [5.74, 6) is 1.19. The average Bonchev–Trinajstić information content (AvgIpc) is 2.38. The van der Waals surface area contributed by atoms with Crippen LogP contribution < -0.4 is 0 Å². The highest BCUT2D eigenvalue weighted by molar-refractivity contribution is 8.03. The molecule has 4 nitrogen and oxygen atoms in total. The summed E-state index contributed by atoms with van der Waals surface area (Å²) >= 11 is 1.58. The first kappa shape index (κ1) is 8.39. The van der Waals surface area contributed by atoms with E-state index in [1.54, 1.807) is 11.8 Å². The van der Waals surface area contributed by atoms with Crippen LogP contribution >= 0.6 is 11.8 Å². The second-order valence-electron chi connectivity index (χ2n) is 2.39. The maximum absolute atomic E-state index is 9.86. The highest BCUT2D eigenvalue weighted by Crippen LogP contribution is 2.34. The van der Waals surface area contributed by atoms with Gasteiger partial charge in [-0.05, 0) is 17.5 Å².